The molecule has 0 radical (unpaired) electrons. The van der Waals surface area contributed by atoms with Crippen molar-refractivity contribution in [2.24, 2.45) is 0 Å². The second kappa shape index (κ2) is 7.37. The summed E-state index contributed by atoms with van der Waals surface area (Å²) in [6.45, 7) is -0.187. The molecule has 3 rings (SSSR count). The highest BCUT2D eigenvalue weighted by molar-refractivity contribution is 7.89. The third-order valence-electron chi connectivity index (χ3n) is 3.33. The molecule has 0 saturated heterocycles. The van der Waals surface area contributed by atoms with E-state index in [0.29, 0.717) is 17.1 Å². The molecule has 1 aromatic carbocycles. The number of furan rings is 1. The SMILES string of the molecule is O=S(=O)(NCc1nccnc1-c1ccco1)c1ccc(OC(F)(F)F)cc1. The summed E-state index contributed by atoms with van der Waals surface area (Å²) in [7, 11) is -3.99. The number of benzene rings is 1. The van der Waals surface area contributed by atoms with Gasteiger partial charge in [-0.2, -0.15) is 0 Å². The number of alkyl halides is 3. The van der Waals surface area contributed by atoms with E-state index in [2.05, 4.69) is 19.4 Å². The van der Waals surface area contributed by atoms with Gasteiger partial charge in [0.25, 0.3) is 0 Å². The lowest BCUT2D eigenvalue weighted by Crippen LogP contribution is -2.24. The lowest BCUT2D eigenvalue weighted by molar-refractivity contribution is -0.274. The van der Waals surface area contributed by atoms with Crippen molar-refractivity contribution in [3.8, 4) is 17.2 Å². The van der Waals surface area contributed by atoms with Crippen molar-refractivity contribution in [3.63, 3.8) is 0 Å². The Morgan fingerprint density at radius 1 is 1.07 bits per heavy atom. The van der Waals surface area contributed by atoms with E-state index in [1.165, 1.54) is 18.7 Å². The molecule has 0 bridgehead atoms. The predicted octanol–water partition coefficient (Wildman–Crippen LogP) is 3.11. The van der Waals surface area contributed by atoms with E-state index >= 15 is 0 Å². The third-order valence-corrected chi connectivity index (χ3v) is 4.74. The predicted molar refractivity (Wildman–Crippen MR) is 86.9 cm³/mol. The van der Waals surface area contributed by atoms with E-state index in [9.17, 15) is 21.6 Å². The highest BCUT2D eigenvalue weighted by Gasteiger charge is 2.31. The molecule has 7 nitrogen and oxygen atoms in total. The Balaban J connectivity index is 1.75. The number of ether oxygens (including phenoxy) is 1. The van der Waals surface area contributed by atoms with Crippen LogP contribution < -0.4 is 9.46 Å². The van der Waals surface area contributed by atoms with Crippen LogP contribution >= 0.6 is 0 Å². The summed E-state index contributed by atoms with van der Waals surface area (Å²) in [5.74, 6) is -0.0959. The highest BCUT2D eigenvalue weighted by Crippen LogP contribution is 2.24. The Morgan fingerprint density at radius 3 is 2.41 bits per heavy atom. The fourth-order valence-electron chi connectivity index (χ4n) is 2.18. The van der Waals surface area contributed by atoms with Gasteiger partial charge in [0.1, 0.15) is 11.4 Å². The molecule has 0 unspecified atom stereocenters. The molecule has 3 aromatic rings. The zero-order valence-corrected chi connectivity index (χ0v) is 14.3. The molecule has 1 N–H and O–H groups in total. The van der Waals surface area contributed by atoms with Crippen molar-refractivity contribution >= 4 is 10.0 Å². The molecular weight excluding hydrogens is 387 g/mol. The molecule has 2 aromatic heterocycles. The normalized spacial score (nSPS) is 12.1. The van der Waals surface area contributed by atoms with E-state index < -0.39 is 22.1 Å². The lowest BCUT2D eigenvalue weighted by Gasteiger charge is -2.10. The Labute approximate surface area is 151 Å². The first-order valence-corrected chi connectivity index (χ1v) is 8.92. The minimum Gasteiger partial charge on any atom is -0.463 e. The lowest BCUT2D eigenvalue weighted by atomic mass is 10.2. The van der Waals surface area contributed by atoms with E-state index in [0.717, 1.165) is 24.3 Å². The smallest absolute Gasteiger partial charge is 0.463 e. The first-order valence-electron chi connectivity index (χ1n) is 7.44. The van der Waals surface area contributed by atoms with E-state index in [1.54, 1.807) is 12.1 Å². The van der Waals surface area contributed by atoms with Gasteiger partial charge >= 0.3 is 6.36 Å². The summed E-state index contributed by atoms with van der Waals surface area (Å²) in [4.78, 5) is 8.00. The molecule has 11 heteroatoms. The maximum Gasteiger partial charge on any atom is 0.573 e. The van der Waals surface area contributed by atoms with Gasteiger partial charge in [0.15, 0.2) is 5.76 Å². The van der Waals surface area contributed by atoms with Gasteiger partial charge in [-0.15, -0.1) is 13.2 Å². The van der Waals surface area contributed by atoms with Gasteiger partial charge in [-0.05, 0) is 36.4 Å². The Morgan fingerprint density at radius 2 is 1.78 bits per heavy atom. The number of sulfonamides is 1. The Bertz CT molecular complexity index is 1000. The van der Waals surface area contributed by atoms with Crippen molar-refractivity contribution in [2.75, 3.05) is 0 Å². The van der Waals surface area contributed by atoms with Crippen LogP contribution in [0.5, 0.6) is 5.75 Å². The number of aromatic nitrogens is 2. The average Bonchev–Trinajstić information content (AvgIpc) is 3.14. The molecule has 0 aliphatic carbocycles. The average molecular weight is 399 g/mol. The Hall–Kier alpha value is -2.92. The number of halogens is 3. The quantitative estimate of drug-likeness (QED) is 0.685. The molecule has 0 fully saturated rings. The molecule has 0 aliphatic heterocycles. The maximum absolute atomic E-state index is 12.4. The van der Waals surface area contributed by atoms with Crippen LogP contribution in [0, 0.1) is 0 Å². The van der Waals surface area contributed by atoms with Crippen molar-refractivity contribution in [2.45, 2.75) is 17.8 Å². The summed E-state index contributed by atoms with van der Waals surface area (Å²) >= 11 is 0. The van der Waals surface area contributed by atoms with Crippen LogP contribution in [0.1, 0.15) is 5.69 Å². The van der Waals surface area contributed by atoms with Gasteiger partial charge in [-0.3, -0.25) is 4.98 Å². The topological polar surface area (TPSA) is 94.3 Å². The Kier molecular flexibility index (Phi) is 5.15. The summed E-state index contributed by atoms with van der Waals surface area (Å²) in [6.07, 6.45) is -0.565. The van der Waals surface area contributed by atoms with Crippen molar-refractivity contribution in [1.82, 2.24) is 14.7 Å². The highest BCUT2D eigenvalue weighted by atomic mass is 32.2. The van der Waals surface area contributed by atoms with E-state index in [1.807, 2.05) is 0 Å². The number of nitrogens with one attached hydrogen (secondary N) is 1. The van der Waals surface area contributed by atoms with Crippen molar-refractivity contribution in [3.05, 3.63) is 60.7 Å². The zero-order chi connectivity index (χ0) is 19.5. The van der Waals surface area contributed by atoms with Crippen LogP contribution in [0.15, 0.2) is 64.4 Å². The molecule has 142 valence electrons. The van der Waals surface area contributed by atoms with Crippen LogP contribution in [-0.2, 0) is 16.6 Å². The van der Waals surface area contributed by atoms with Crippen molar-refractivity contribution in [1.29, 1.82) is 0 Å². The van der Waals surface area contributed by atoms with Gasteiger partial charge in [0.2, 0.25) is 10.0 Å². The molecule has 0 spiro atoms. The summed E-state index contributed by atoms with van der Waals surface area (Å²) in [6, 6.07) is 7.16. The van der Waals surface area contributed by atoms with Gasteiger partial charge < -0.3 is 9.15 Å². The molecule has 2 heterocycles. The van der Waals surface area contributed by atoms with E-state index in [4.69, 9.17) is 4.42 Å². The molecule has 0 aliphatic rings. The van der Waals surface area contributed by atoms with Crippen LogP contribution in [-0.4, -0.2) is 24.7 Å². The van der Waals surface area contributed by atoms with E-state index in [-0.39, 0.29) is 11.4 Å². The maximum atomic E-state index is 12.4. The second-order valence-electron chi connectivity index (χ2n) is 5.17. The largest absolute Gasteiger partial charge is 0.573 e. The fourth-order valence-corrected chi connectivity index (χ4v) is 3.17. The van der Waals surface area contributed by atoms with Crippen molar-refractivity contribution < 1.29 is 30.7 Å². The first kappa shape index (κ1) is 18.9. The fraction of sp³-hybridized carbons (Fsp3) is 0.125. The molecular formula is C16H12F3N3O4S. The summed E-state index contributed by atoms with van der Waals surface area (Å²) in [5.41, 5.74) is 0.701. The van der Waals surface area contributed by atoms with Crippen LogP contribution in [0.25, 0.3) is 11.5 Å². The number of rotatable bonds is 6. The summed E-state index contributed by atoms with van der Waals surface area (Å²) in [5, 5.41) is 0. The van der Waals surface area contributed by atoms with Crippen LogP contribution in [0.2, 0.25) is 0 Å². The molecule has 27 heavy (non-hydrogen) atoms. The van der Waals surface area contributed by atoms with Crippen LogP contribution in [0.3, 0.4) is 0 Å². The first-order chi connectivity index (χ1) is 12.7. The van der Waals surface area contributed by atoms with Gasteiger partial charge in [-0.25, -0.2) is 18.1 Å². The minimum absolute atomic E-state index is 0.187. The zero-order valence-electron chi connectivity index (χ0n) is 13.5. The van der Waals surface area contributed by atoms with Gasteiger partial charge in [-0.1, -0.05) is 0 Å². The second-order valence-corrected chi connectivity index (χ2v) is 6.94. The van der Waals surface area contributed by atoms with Gasteiger partial charge in [0.05, 0.1) is 23.4 Å². The standard InChI is InChI=1S/C16H12F3N3O4S/c17-16(18,19)26-11-3-5-12(6-4-11)27(23,24)22-10-13-15(21-8-7-20-13)14-2-1-9-25-14/h1-9,22H,10H2. The monoisotopic (exact) mass is 399 g/mol. The number of hydrogen-bond acceptors (Lipinski definition) is 6. The third kappa shape index (κ3) is 4.83. The minimum atomic E-state index is -4.85. The molecule has 0 amide bonds. The molecule has 0 saturated carbocycles. The van der Waals surface area contributed by atoms with Gasteiger partial charge in [0, 0.05) is 12.4 Å². The van der Waals surface area contributed by atoms with Crippen LogP contribution in [0.4, 0.5) is 13.2 Å². The number of nitrogens with zero attached hydrogens (tertiary/aromatic N) is 2. The summed E-state index contributed by atoms with van der Waals surface area (Å²) < 4.78 is 72.5. The molecule has 0 atom stereocenters. The number of hydrogen-bond donors (Lipinski definition) is 1.